The monoisotopic (exact) mass is 313 g/mol. The molecule has 0 radical (unpaired) electrons. The number of halogens is 2. The molecule has 0 aliphatic rings. The number of benzene rings is 1. The number of anilines is 2. The van der Waals surface area contributed by atoms with Gasteiger partial charge in [0, 0.05) is 24.0 Å². The van der Waals surface area contributed by atoms with E-state index in [1.165, 1.54) is 4.57 Å². The molecular weight excluding hydrogens is 305 g/mol. The number of aromatic nitrogens is 2. The summed E-state index contributed by atoms with van der Waals surface area (Å²) in [6.45, 7) is 0. The lowest BCUT2D eigenvalue weighted by Gasteiger charge is -2.07. The minimum absolute atomic E-state index is 0.192. The van der Waals surface area contributed by atoms with Crippen LogP contribution in [-0.4, -0.2) is 9.55 Å². The van der Waals surface area contributed by atoms with Crippen molar-refractivity contribution in [3.8, 4) is 0 Å². The van der Waals surface area contributed by atoms with Crippen LogP contribution in [0.4, 0.5) is 11.5 Å². The molecule has 4 nitrogen and oxygen atoms in total. The first kappa shape index (κ1) is 12.1. The molecule has 2 aromatic rings. The number of nitrogens with zero attached hydrogens (tertiary/aromatic N) is 2. The Hall–Kier alpha value is -1.33. The highest BCUT2D eigenvalue weighted by Crippen LogP contribution is 2.16. The van der Waals surface area contributed by atoms with Gasteiger partial charge in [0.1, 0.15) is 4.60 Å². The average molecular weight is 315 g/mol. The molecule has 1 heterocycles. The van der Waals surface area contributed by atoms with Crippen LogP contribution < -0.4 is 10.9 Å². The third-order valence-electron chi connectivity index (χ3n) is 2.15. The summed E-state index contributed by atoms with van der Waals surface area (Å²) in [5.74, 6) is 0.268. The van der Waals surface area contributed by atoms with E-state index in [0.717, 1.165) is 5.69 Å². The second-order valence-corrected chi connectivity index (χ2v) is 4.71. The molecule has 1 aromatic heterocycles. The normalized spacial score (nSPS) is 10.3. The third-order valence-corrected chi connectivity index (χ3v) is 2.78. The molecule has 6 heteroatoms. The molecule has 88 valence electrons. The van der Waals surface area contributed by atoms with E-state index in [2.05, 4.69) is 26.2 Å². The number of hydrogen-bond acceptors (Lipinski definition) is 3. The molecule has 17 heavy (non-hydrogen) atoms. The van der Waals surface area contributed by atoms with Gasteiger partial charge in [-0.05, 0) is 40.2 Å². The molecule has 0 saturated heterocycles. The zero-order valence-electron chi connectivity index (χ0n) is 8.95. The van der Waals surface area contributed by atoms with E-state index in [9.17, 15) is 4.79 Å². The predicted molar refractivity (Wildman–Crippen MR) is 71.9 cm³/mol. The quantitative estimate of drug-likeness (QED) is 0.927. The zero-order valence-corrected chi connectivity index (χ0v) is 11.3. The second-order valence-electron chi connectivity index (χ2n) is 3.46. The highest BCUT2D eigenvalue weighted by molar-refractivity contribution is 9.10. The molecular formula is C11H9BrClN3O. The van der Waals surface area contributed by atoms with Crippen LogP contribution in [0.1, 0.15) is 0 Å². The number of nitrogens with one attached hydrogen (secondary N) is 1. The Morgan fingerprint density at radius 2 is 2.00 bits per heavy atom. The lowest BCUT2D eigenvalue weighted by Crippen LogP contribution is -2.20. The van der Waals surface area contributed by atoms with Gasteiger partial charge in [0.15, 0.2) is 5.82 Å². The fourth-order valence-electron chi connectivity index (χ4n) is 1.32. The van der Waals surface area contributed by atoms with Gasteiger partial charge in [0.25, 0.3) is 5.56 Å². The van der Waals surface area contributed by atoms with Crippen molar-refractivity contribution in [3.05, 3.63) is 50.4 Å². The summed E-state index contributed by atoms with van der Waals surface area (Å²) in [6, 6.07) is 7.05. The molecule has 0 fully saturated rings. The van der Waals surface area contributed by atoms with Gasteiger partial charge < -0.3 is 9.88 Å². The molecule has 0 aliphatic carbocycles. The fraction of sp³-hybridized carbons (Fsp3) is 0.0909. The van der Waals surface area contributed by atoms with Crippen molar-refractivity contribution >= 4 is 39.0 Å². The first-order valence-corrected chi connectivity index (χ1v) is 5.99. The van der Waals surface area contributed by atoms with Crippen LogP contribution in [-0.2, 0) is 7.05 Å². The summed E-state index contributed by atoms with van der Waals surface area (Å²) < 4.78 is 2.05. The molecule has 0 unspecified atom stereocenters. The maximum absolute atomic E-state index is 11.8. The largest absolute Gasteiger partial charge is 0.336 e. The smallest absolute Gasteiger partial charge is 0.293 e. The molecule has 2 rings (SSSR count). The third kappa shape index (κ3) is 2.87. The van der Waals surface area contributed by atoms with Crippen molar-refractivity contribution in [2.75, 3.05) is 5.32 Å². The average Bonchev–Trinajstić information content (AvgIpc) is 2.28. The molecule has 0 bridgehead atoms. The Morgan fingerprint density at radius 3 is 2.65 bits per heavy atom. The highest BCUT2D eigenvalue weighted by Gasteiger charge is 2.05. The molecule has 0 spiro atoms. The summed E-state index contributed by atoms with van der Waals surface area (Å²) in [5, 5.41) is 3.59. The Labute approximate surface area is 111 Å². The van der Waals surface area contributed by atoms with Crippen molar-refractivity contribution in [3.63, 3.8) is 0 Å². The minimum Gasteiger partial charge on any atom is -0.336 e. The van der Waals surface area contributed by atoms with E-state index in [4.69, 9.17) is 11.6 Å². The standard InChI is InChI=1S/C11H9BrClN3O/c1-16-6-9(12)15-10(11(16)17)14-8-4-2-7(13)3-5-8/h2-6H,1H3,(H,14,15). The summed E-state index contributed by atoms with van der Waals surface area (Å²) in [7, 11) is 1.67. The maximum atomic E-state index is 11.8. The van der Waals surface area contributed by atoms with Crippen LogP contribution >= 0.6 is 27.5 Å². The Morgan fingerprint density at radius 1 is 1.35 bits per heavy atom. The summed E-state index contributed by atoms with van der Waals surface area (Å²) >= 11 is 9.02. The van der Waals surface area contributed by atoms with Gasteiger partial charge >= 0.3 is 0 Å². The maximum Gasteiger partial charge on any atom is 0.293 e. The predicted octanol–water partition coefficient (Wildman–Crippen LogP) is 2.94. The van der Waals surface area contributed by atoms with Gasteiger partial charge in [-0.3, -0.25) is 4.79 Å². The Balaban J connectivity index is 2.36. The molecule has 0 atom stereocenters. The zero-order chi connectivity index (χ0) is 12.4. The van der Waals surface area contributed by atoms with Gasteiger partial charge in [-0.1, -0.05) is 11.6 Å². The summed E-state index contributed by atoms with van der Waals surface area (Å²) in [6.07, 6.45) is 1.61. The molecule has 0 amide bonds. The Kier molecular flexibility index (Phi) is 3.49. The SMILES string of the molecule is Cn1cc(Br)nc(Nc2ccc(Cl)cc2)c1=O. The van der Waals surface area contributed by atoms with Crippen molar-refractivity contribution in [1.82, 2.24) is 9.55 Å². The second kappa shape index (κ2) is 4.89. The van der Waals surface area contributed by atoms with E-state index in [1.807, 2.05) is 0 Å². The lowest BCUT2D eigenvalue weighted by molar-refractivity contribution is 0.837. The van der Waals surface area contributed by atoms with Crippen molar-refractivity contribution < 1.29 is 0 Å². The van der Waals surface area contributed by atoms with E-state index in [-0.39, 0.29) is 11.4 Å². The molecule has 1 aromatic carbocycles. The van der Waals surface area contributed by atoms with E-state index in [0.29, 0.717) is 9.63 Å². The minimum atomic E-state index is -0.192. The van der Waals surface area contributed by atoms with Gasteiger partial charge in [-0.25, -0.2) is 4.98 Å². The highest BCUT2D eigenvalue weighted by atomic mass is 79.9. The molecule has 0 saturated carbocycles. The fourth-order valence-corrected chi connectivity index (χ4v) is 1.93. The number of rotatable bonds is 2. The molecule has 0 aliphatic heterocycles. The van der Waals surface area contributed by atoms with Crippen LogP contribution in [0.2, 0.25) is 5.02 Å². The first-order chi connectivity index (χ1) is 8.06. The van der Waals surface area contributed by atoms with E-state index in [1.54, 1.807) is 37.5 Å². The van der Waals surface area contributed by atoms with Crippen molar-refractivity contribution in [1.29, 1.82) is 0 Å². The van der Waals surface area contributed by atoms with Crippen LogP contribution in [0.3, 0.4) is 0 Å². The number of hydrogen-bond donors (Lipinski definition) is 1. The van der Waals surface area contributed by atoms with Gasteiger partial charge in [0.05, 0.1) is 0 Å². The van der Waals surface area contributed by atoms with Gasteiger partial charge in [0.2, 0.25) is 0 Å². The van der Waals surface area contributed by atoms with Crippen molar-refractivity contribution in [2.45, 2.75) is 0 Å². The van der Waals surface area contributed by atoms with Crippen molar-refractivity contribution in [2.24, 2.45) is 7.05 Å². The topological polar surface area (TPSA) is 46.9 Å². The van der Waals surface area contributed by atoms with Gasteiger partial charge in [-0.15, -0.1) is 0 Å². The lowest BCUT2D eigenvalue weighted by atomic mass is 10.3. The van der Waals surface area contributed by atoms with Crippen LogP contribution in [0, 0.1) is 0 Å². The van der Waals surface area contributed by atoms with Gasteiger partial charge in [-0.2, -0.15) is 0 Å². The number of aryl methyl sites for hydroxylation is 1. The van der Waals surface area contributed by atoms with E-state index < -0.39 is 0 Å². The summed E-state index contributed by atoms with van der Waals surface area (Å²) in [5.41, 5.74) is 0.570. The summed E-state index contributed by atoms with van der Waals surface area (Å²) in [4.78, 5) is 15.9. The van der Waals surface area contributed by atoms with Crippen LogP contribution in [0.5, 0.6) is 0 Å². The first-order valence-electron chi connectivity index (χ1n) is 4.82. The molecule has 1 N–H and O–H groups in total. The van der Waals surface area contributed by atoms with Crippen LogP contribution in [0.15, 0.2) is 39.9 Å². The Bertz CT molecular complexity index is 595. The van der Waals surface area contributed by atoms with Crippen LogP contribution in [0.25, 0.3) is 0 Å². The van der Waals surface area contributed by atoms with E-state index >= 15 is 0 Å².